The standard InChI is InChI=1S/C54H38N4/c1-55-52(57-53(35-17-6-3-7-18-35)56-33-34-15-4-2-5-16-34)36-27-28-43-44(29-36)39-21-10-9-20-38(39)41-23-14-24-42(50(41)43)45-30-46-40-22-11-13-26-49(40)58-48-25-12-8-19-37(48)31-54(51(46)58)32-47(45)54/h2-30,33,47H,31-32H2,1H3. The van der Waals surface area contributed by atoms with E-state index in [4.69, 9.17) is 15.0 Å². The Morgan fingerprint density at radius 1 is 0.621 bits per heavy atom. The first-order valence-corrected chi connectivity index (χ1v) is 20.2. The van der Waals surface area contributed by atoms with Gasteiger partial charge in [0.05, 0.1) is 5.52 Å². The van der Waals surface area contributed by atoms with E-state index in [1.54, 1.807) is 0 Å². The lowest BCUT2D eigenvalue weighted by Gasteiger charge is -2.32. The fourth-order valence-corrected chi connectivity index (χ4v) is 10.3. The third-order valence-corrected chi connectivity index (χ3v) is 12.9. The first kappa shape index (κ1) is 33.0. The molecule has 9 aromatic rings. The molecule has 0 bridgehead atoms. The molecule has 2 aliphatic carbocycles. The lowest BCUT2D eigenvalue weighted by atomic mass is 9.77. The Labute approximate surface area is 336 Å². The molecule has 4 heteroatoms. The Kier molecular flexibility index (Phi) is 7.21. The van der Waals surface area contributed by atoms with Gasteiger partial charge in [-0.3, -0.25) is 4.99 Å². The van der Waals surface area contributed by atoms with Crippen molar-refractivity contribution in [1.82, 2.24) is 4.57 Å². The molecular weight excluding hydrogens is 705 g/mol. The van der Waals surface area contributed by atoms with Crippen molar-refractivity contribution >= 4 is 72.8 Å². The predicted molar refractivity (Wildman–Crippen MR) is 243 cm³/mol. The van der Waals surface area contributed by atoms with Gasteiger partial charge in [0.15, 0.2) is 11.7 Å². The number of fused-ring (bicyclic) bond motifs is 11. The first-order valence-electron chi connectivity index (χ1n) is 20.2. The zero-order valence-corrected chi connectivity index (χ0v) is 32.1. The van der Waals surface area contributed by atoms with Gasteiger partial charge < -0.3 is 4.57 Å². The summed E-state index contributed by atoms with van der Waals surface area (Å²) in [7, 11) is 1.82. The molecule has 1 aliphatic heterocycles. The summed E-state index contributed by atoms with van der Waals surface area (Å²) in [6.07, 6.45) is 6.66. The van der Waals surface area contributed by atoms with Crippen LogP contribution < -0.4 is 0 Å². The highest BCUT2D eigenvalue weighted by molar-refractivity contribution is 6.29. The topological polar surface area (TPSA) is 42.0 Å². The Hall–Kier alpha value is -7.17. The van der Waals surface area contributed by atoms with Crippen molar-refractivity contribution in [2.45, 2.75) is 18.3 Å². The number of aromatic nitrogens is 1. The van der Waals surface area contributed by atoms with Gasteiger partial charge in [0.1, 0.15) is 0 Å². The van der Waals surface area contributed by atoms with Crippen molar-refractivity contribution in [3.05, 3.63) is 209 Å². The van der Waals surface area contributed by atoms with Crippen LogP contribution in [0.25, 0.3) is 60.6 Å². The molecule has 1 spiro atoms. The van der Waals surface area contributed by atoms with Crippen molar-refractivity contribution in [1.29, 1.82) is 0 Å². The maximum Gasteiger partial charge on any atom is 0.161 e. The SMILES string of the molecule is CN=C(N=C(N=Cc1ccccc1)c1ccccc1)c1ccc2c(c1)c1ccccc1c1cccc(C3=Cc4c5n(c6ccccc46)-c4ccccc4CC54CC34)c12. The van der Waals surface area contributed by atoms with Crippen molar-refractivity contribution in [3.63, 3.8) is 0 Å². The molecule has 0 N–H and O–H groups in total. The van der Waals surface area contributed by atoms with Crippen molar-refractivity contribution < 1.29 is 0 Å². The Morgan fingerprint density at radius 2 is 1.31 bits per heavy atom. The predicted octanol–water partition coefficient (Wildman–Crippen LogP) is 12.4. The van der Waals surface area contributed by atoms with E-state index in [9.17, 15) is 0 Å². The molecule has 12 rings (SSSR count). The van der Waals surface area contributed by atoms with Gasteiger partial charge in [-0.05, 0) is 97.6 Å². The molecule has 0 saturated heterocycles. The lowest BCUT2D eigenvalue weighted by Crippen LogP contribution is -2.27. The number of benzene rings is 8. The van der Waals surface area contributed by atoms with Gasteiger partial charge in [-0.1, -0.05) is 152 Å². The van der Waals surface area contributed by atoms with Crippen molar-refractivity contribution in [3.8, 4) is 5.69 Å². The van der Waals surface area contributed by atoms with Crippen LogP contribution in [-0.4, -0.2) is 29.5 Å². The van der Waals surface area contributed by atoms with Crippen LogP contribution in [0.3, 0.4) is 0 Å². The molecule has 274 valence electrons. The van der Waals surface area contributed by atoms with Gasteiger partial charge in [0, 0.05) is 52.1 Å². The number of allylic oxidation sites excluding steroid dienone is 1. The Bertz CT molecular complexity index is 3290. The van der Waals surface area contributed by atoms with E-state index in [-0.39, 0.29) is 5.41 Å². The quantitative estimate of drug-likeness (QED) is 0.0979. The van der Waals surface area contributed by atoms with E-state index in [0.717, 1.165) is 29.5 Å². The number of para-hydroxylation sites is 2. The maximum absolute atomic E-state index is 5.15. The second-order valence-corrected chi connectivity index (χ2v) is 16.0. The minimum Gasteiger partial charge on any atom is -0.312 e. The molecular formula is C54H38N4. The van der Waals surface area contributed by atoms with Gasteiger partial charge in [-0.25, -0.2) is 9.98 Å². The number of hydrogen-bond acceptors (Lipinski definition) is 1. The molecule has 58 heavy (non-hydrogen) atoms. The van der Waals surface area contributed by atoms with E-state index >= 15 is 0 Å². The van der Waals surface area contributed by atoms with Gasteiger partial charge in [0.25, 0.3) is 0 Å². The average molecular weight is 743 g/mol. The maximum atomic E-state index is 5.15. The monoisotopic (exact) mass is 742 g/mol. The molecule has 1 aromatic heterocycles. The number of aliphatic imine (C=N–C) groups is 3. The normalized spacial score (nSPS) is 18.4. The number of amidine groups is 2. The largest absolute Gasteiger partial charge is 0.312 e. The molecule has 1 saturated carbocycles. The fourth-order valence-electron chi connectivity index (χ4n) is 10.3. The Morgan fingerprint density at radius 3 is 2.14 bits per heavy atom. The zero-order chi connectivity index (χ0) is 38.4. The van der Waals surface area contributed by atoms with Crippen LogP contribution in [-0.2, 0) is 11.8 Å². The van der Waals surface area contributed by atoms with Gasteiger partial charge in [-0.2, -0.15) is 0 Å². The number of nitrogens with zero attached hydrogens (tertiary/aromatic N) is 4. The number of hydrogen-bond donors (Lipinski definition) is 0. The summed E-state index contributed by atoms with van der Waals surface area (Å²) in [5.41, 5.74) is 12.8. The molecule has 2 unspecified atom stereocenters. The summed E-state index contributed by atoms with van der Waals surface area (Å²) in [4.78, 5) is 14.8. The third-order valence-electron chi connectivity index (χ3n) is 12.9. The van der Waals surface area contributed by atoms with Crippen LogP contribution in [0, 0.1) is 5.92 Å². The summed E-state index contributed by atoms with van der Waals surface area (Å²) in [6, 6.07) is 61.0. The van der Waals surface area contributed by atoms with Crippen LogP contribution in [0.1, 0.15) is 45.5 Å². The van der Waals surface area contributed by atoms with E-state index in [1.165, 1.54) is 76.9 Å². The van der Waals surface area contributed by atoms with Crippen LogP contribution >= 0.6 is 0 Å². The van der Waals surface area contributed by atoms with Crippen LogP contribution in [0.4, 0.5) is 0 Å². The van der Waals surface area contributed by atoms with Crippen LogP contribution in [0.2, 0.25) is 0 Å². The highest BCUT2D eigenvalue weighted by Crippen LogP contribution is 2.68. The van der Waals surface area contributed by atoms with Crippen molar-refractivity contribution in [2.75, 3.05) is 7.05 Å². The molecule has 2 heterocycles. The second kappa shape index (κ2) is 12.7. The molecule has 0 radical (unpaired) electrons. The highest BCUT2D eigenvalue weighted by Gasteiger charge is 2.62. The third kappa shape index (κ3) is 4.85. The summed E-state index contributed by atoms with van der Waals surface area (Å²) in [5.74, 6) is 1.70. The van der Waals surface area contributed by atoms with Crippen LogP contribution in [0.15, 0.2) is 185 Å². The minimum absolute atomic E-state index is 0.0960. The molecule has 8 aromatic carbocycles. The van der Waals surface area contributed by atoms with Gasteiger partial charge in [0.2, 0.25) is 0 Å². The van der Waals surface area contributed by atoms with E-state index < -0.39 is 0 Å². The van der Waals surface area contributed by atoms with E-state index in [0.29, 0.717) is 17.6 Å². The Balaban J connectivity index is 1.06. The van der Waals surface area contributed by atoms with Gasteiger partial charge in [-0.15, -0.1) is 0 Å². The molecule has 4 nitrogen and oxygen atoms in total. The average Bonchev–Trinajstić information content (AvgIpc) is 3.92. The smallest absolute Gasteiger partial charge is 0.161 e. The van der Waals surface area contributed by atoms with E-state index in [1.807, 2.05) is 73.9 Å². The van der Waals surface area contributed by atoms with Gasteiger partial charge >= 0.3 is 0 Å². The molecule has 3 aliphatic rings. The van der Waals surface area contributed by atoms with E-state index in [2.05, 4.69) is 120 Å². The highest BCUT2D eigenvalue weighted by atomic mass is 15.0. The summed E-state index contributed by atoms with van der Waals surface area (Å²) in [6.45, 7) is 0. The molecule has 0 amide bonds. The number of rotatable bonds is 4. The summed E-state index contributed by atoms with van der Waals surface area (Å²) < 4.78 is 2.59. The van der Waals surface area contributed by atoms with Crippen molar-refractivity contribution in [2.24, 2.45) is 20.9 Å². The summed E-state index contributed by atoms with van der Waals surface area (Å²) >= 11 is 0. The lowest BCUT2D eigenvalue weighted by molar-refractivity contribution is 0.590. The fraction of sp³-hybridized carbons (Fsp3) is 0.0926. The summed E-state index contributed by atoms with van der Waals surface area (Å²) in [5, 5.41) is 8.87. The zero-order valence-electron chi connectivity index (χ0n) is 32.1. The van der Waals surface area contributed by atoms with Crippen LogP contribution in [0.5, 0.6) is 0 Å². The minimum atomic E-state index is 0.0960. The second-order valence-electron chi connectivity index (χ2n) is 16.0. The molecule has 2 atom stereocenters. The molecule has 1 fully saturated rings. The first-order chi connectivity index (χ1) is 28.7.